The van der Waals surface area contributed by atoms with Crippen molar-refractivity contribution in [2.45, 2.75) is 19.9 Å². The summed E-state index contributed by atoms with van der Waals surface area (Å²) in [6, 6.07) is 11.2. The Bertz CT molecular complexity index is 544. The smallest absolute Gasteiger partial charge is 0.128 e. The fraction of sp³-hybridized carbons (Fsp3) is 0.250. The summed E-state index contributed by atoms with van der Waals surface area (Å²) in [5.74, 6) is -0.191. The predicted molar refractivity (Wildman–Crippen MR) is 80.9 cm³/mol. The van der Waals surface area contributed by atoms with Crippen LogP contribution in [0.4, 0.5) is 4.39 Å². The van der Waals surface area contributed by atoms with Gasteiger partial charge in [-0.25, -0.2) is 4.39 Å². The Morgan fingerprint density at radius 2 is 1.79 bits per heavy atom. The second kappa shape index (κ2) is 5.85. The molecule has 0 saturated carbocycles. The Morgan fingerprint density at radius 3 is 2.47 bits per heavy atom. The van der Waals surface area contributed by atoms with Gasteiger partial charge in [0.15, 0.2) is 0 Å². The number of nitrogens with one attached hydrogen (secondary N) is 1. The lowest BCUT2D eigenvalue weighted by atomic mass is 9.93. The van der Waals surface area contributed by atoms with Gasteiger partial charge in [0.2, 0.25) is 0 Å². The summed E-state index contributed by atoms with van der Waals surface area (Å²) < 4.78 is 14.9. The topological polar surface area (TPSA) is 12.0 Å². The molecule has 0 fully saturated rings. The average molecular weight is 322 g/mol. The van der Waals surface area contributed by atoms with E-state index in [1.54, 1.807) is 6.07 Å². The Kier molecular flexibility index (Phi) is 4.38. The molecule has 2 rings (SSSR count). The molecule has 0 saturated heterocycles. The Labute approximate surface area is 122 Å². The lowest BCUT2D eigenvalue weighted by Crippen LogP contribution is -2.20. The van der Waals surface area contributed by atoms with Gasteiger partial charge in [-0.1, -0.05) is 39.7 Å². The van der Waals surface area contributed by atoms with E-state index in [0.717, 1.165) is 15.6 Å². The quantitative estimate of drug-likeness (QED) is 0.876. The van der Waals surface area contributed by atoms with Crippen LogP contribution in [0.1, 0.15) is 28.3 Å². The highest BCUT2D eigenvalue weighted by Crippen LogP contribution is 2.29. The molecule has 3 heteroatoms. The maximum atomic E-state index is 14.1. The second-order valence-corrected chi connectivity index (χ2v) is 5.66. The zero-order valence-corrected chi connectivity index (χ0v) is 12.9. The second-order valence-electron chi connectivity index (χ2n) is 4.75. The van der Waals surface area contributed by atoms with Gasteiger partial charge >= 0.3 is 0 Å². The van der Waals surface area contributed by atoms with Crippen molar-refractivity contribution in [3.05, 3.63) is 68.9 Å². The van der Waals surface area contributed by atoms with Gasteiger partial charge in [-0.05, 0) is 50.2 Å². The van der Waals surface area contributed by atoms with Crippen molar-refractivity contribution >= 4 is 15.9 Å². The first-order valence-electron chi connectivity index (χ1n) is 6.22. The fourth-order valence-corrected chi connectivity index (χ4v) is 2.66. The molecule has 0 radical (unpaired) electrons. The van der Waals surface area contributed by atoms with E-state index < -0.39 is 0 Å². The molecule has 1 N–H and O–H groups in total. The number of rotatable bonds is 3. The molecule has 1 atom stereocenters. The maximum absolute atomic E-state index is 14.1. The third kappa shape index (κ3) is 3.04. The Morgan fingerprint density at radius 1 is 1.05 bits per heavy atom. The molecule has 1 nitrogen and oxygen atoms in total. The van der Waals surface area contributed by atoms with Crippen LogP contribution in [-0.2, 0) is 0 Å². The molecule has 0 bridgehead atoms. The molecule has 2 aromatic rings. The zero-order chi connectivity index (χ0) is 14.0. The van der Waals surface area contributed by atoms with Crippen molar-refractivity contribution in [3.8, 4) is 0 Å². The van der Waals surface area contributed by atoms with Crippen molar-refractivity contribution in [1.29, 1.82) is 0 Å². The van der Waals surface area contributed by atoms with Crippen LogP contribution in [0, 0.1) is 19.7 Å². The number of hydrogen-bond donors (Lipinski definition) is 1. The molecule has 0 spiro atoms. The number of aryl methyl sites for hydroxylation is 2. The lowest BCUT2D eigenvalue weighted by Gasteiger charge is -2.21. The van der Waals surface area contributed by atoms with Gasteiger partial charge in [0.05, 0.1) is 6.04 Å². The first kappa shape index (κ1) is 14.2. The third-order valence-corrected chi connectivity index (χ3v) is 3.80. The maximum Gasteiger partial charge on any atom is 0.128 e. The van der Waals surface area contributed by atoms with Crippen LogP contribution in [0.3, 0.4) is 0 Å². The summed E-state index contributed by atoms with van der Waals surface area (Å²) in [6.07, 6.45) is 0. The van der Waals surface area contributed by atoms with E-state index in [9.17, 15) is 4.39 Å². The minimum atomic E-state index is -0.191. The van der Waals surface area contributed by atoms with Crippen LogP contribution in [0.25, 0.3) is 0 Å². The molecule has 19 heavy (non-hydrogen) atoms. The zero-order valence-electron chi connectivity index (χ0n) is 11.3. The van der Waals surface area contributed by atoms with E-state index in [1.165, 1.54) is 11.6 Å². The van der Waals surface area contributed by atoms with Crippen LogP contribution >= 0.6 is 15.9 Å². The van der Waals surface area contributed by atoms with Gasteiger partial charge in [-0.2, -0.15) is 0 Å². The fourth-order valence-electron chi connectivity index (χ4n) is 2.29. The minimum absolute atomic E-state index is 0.141. The van der Waals surface area contributed by atoms with Gasteiger partial charge in [0.1, 0.15) is 5.82 Å². The molecule has 0 aliphatic rings. The summed E-state index contributed by atoms with van der Waals surface area (Å²) in [5, 5.41) is 3.21. The Balaban J connectivity index is 2.55. The van der Waals surface area contributed by atoms with Gasteiger partial charge in [0, 0.05) is 10.0 Å². The highest BCUT2D eigenvalue weighted by Gasteiger charge is 2.18. The summed E-state index contributed by atoms with van der Waals surface area (Å²) >= 11 is 3.40. The lowest BCUT2D eigenvalue weighted by molar-refractivity contribution is 0.574. The first-order valence-corrected chi connectivity index (χ1v) is 7.01. The number of benzene rings is 2. The molecule has 0 aliphatic carbocycles. The number of hydrogen-bond acceptors (Lipinski definition) is 1. The largest absolute Gasteiger partial charge is 0.309 e. The van der Waals surface area contributed by atoms with Crippen LogP contribution in [0.2, 0.25) is 0 Å². The van der Waals surface area contributed by atoms with Crippen molar-refractivity contribution < 1.29 is 4.39 Å². The van der Waals surface area contributed by atoms with Crippen LogP contribution in [0.5, 0.6) is 0 Å². The molecular weight excluding hydrogens is 305 g/mol. The summed E-state index contributed by atoms with van der Waals surface area (Å²) in [6.45, 7) is 4.10. The normalized spacial score (nSPS) is 12.5. The standard InChI is InChI=1S/C16H17BrFN/c1-10-4-5-11(2)13(8-10)16(19-3)14-9-12(17)6-7-15(14)18/h4-9,16,19H,1-3H3. The summed E-state index contributed by atoms with van der Waals surface area (Å²) in [7, 11) is 1.85. The Hall–Kier alpha value is -1.19. The van der Waals surface area contributed by atoms with Gasteiger partial charge in [-0.15, -0.1) is 0 Å². The van der Waals surface area contributed by atoms with E-state index in [4.69, 9.17) is 0 Å². The summed E-state index contributed by atoms with van der Waals surface area (Å²) in [5.41, 5.74) is 4.10. The molecule has 0 aliphatic heterocycles. The molecule has 100 valence electrons. The van der Waals surface area contributed by atoms with Crippen LogP contribution < -0.4 is 5.32 Å². The minimum Gasteiger partial charge on any atom is -0.309 e. The average Bonchev–Trinajstić information content (AvgIpc) is 2.38. The molecular formula is C16H17BrFN. The van der Waals surface area contributed by atoms with Crippen molar-refractivity contribution in [2.24, 2.45) is 0 Å². The van der Waals surface area contributed by atoms with E-state index in [1.807, 2.05) is 20.0 Å². The third-order valence-electron chi connectivity index (χ3n) is 3.30. The van der Waals surface area contributed by atoms with Gasteiger partial charge in [0.25, 0.3) is 0 Å². The SMILES string of the molecule is CNC(c1cc(C)ccc1C)c1cc(Br)ccc1F. The number of halogens is 2. The van der Waals surface area contributed by atoms with E-state index in [-0.39, 0.29) is 11.9 Å². The molecule has 0 heterocycles. The molecule has 2 aromatic carbocycles. The van der Waals surface area contributed by atoms with Crippen LogP contribution in [-0.4, -0.2) is 7.05 Å². The highest BCUT2D eigenvalue weighted by molar-refractivity contribution is 9.10. The molecule has 0 amide bonds. The van der Waals surface area contributed by atoms with Crippen molar-refractivity contribution in [3.63, 3.8) is 0 Å². The van der Waals surface area contributed by atoms with Gasteiger partial charge in [-0.3, -0.25) is 0 Å². The molecule has 1 unspecified atom stereocenters. The first-order chi connectivity index (χ1) is 9.02. The highest BCUT2D eigenvalue weighted by atomic mass is 79.9. The van der Waals surface area contributed by atoms with E-state index >= 15 is 0 Å². The van der Waals surface area contributed by atoms with Gasteiger partial charge < -0.3 is 5.32 Å². The van der Waals surface area contributed by atoms with Crippen molar-refractivity contribution in [1.82, 2.24) is 5.32 Å². The van der Waals surface area contributed by atoms with Crippen molar-refractivity contribution in [2.75, 3.05) is 7.05 Å². The predicted octanol–water partition coefficient (Wildman–Crippen LogP) is 4.51. The van der Waals surface area contributed by atoms with E-state index in [2.05, 4.69) is 46.4 Å². The summed E-state index contributed by atoms with van der Waals surface area (Å²) in [4.78, 5) is 0. The van der Waals surface area contributed by atoms with E-state index in [0.29, 0.717) is 5.56 Å². The molecule has 0 aromatic heterocycles. The monoisotopic (exact) mass is 321 g/mol. The van der Waals surface area contributed by atoms with Crippen LogP contribution in [0.15, 0.2) is 40.9 Å².